The van der Waals surface area contributed by atoms with Gasteiger partial charge in [0, 0.05) is 18.8 Å². The number of nitrogens with one attached hydrogen (secondary N) is 1. The SMILES string of the molecule is O=C(NC1CC1)C1CN(c2ncc(Cl)cc2F)CCO1. The van der Waals surface area contributed by atoms with Crippen LogP contribution < -0.4 is 10.2 Å². The van der Waals surface area contributed by atoms with Crippen LogP contribution in [0.3, 0.4) is 0 Å². The molecule has 1 N–H and O–H groups in total. The van der Waals surface area contributed by atoms with Crippen LogP contribution >= 0.6 is 11.6 Å². The van der Waals surface area contributed by atoms with E-state index in [1.165, 1.54) is 12.3 Å². The third-order valence-electron chi connectivity index (χ3n) is 3.37. The average molecular weight is 300 g/mol. The first kappa shape index (κ1) is 13.6. The Balaban J connectivity index is 1.69. The summed E-state index contributed by atoms with van der Waals surface area (Å²) in [6.45, 7) is 1.16. The molecular weight excluding hydrogens is 285 g/mol. The van der Waals surface area contributed by atoms with E-state index < -0.39 is 11.9 Å². The Hall–Kier alpha value is -1.40. The Morgan fingerprint density at radius 2 is 2.35 bits per heavy atom. The number of amides is 1. The molecule has 108 valence electrons. The predicted octanol–water partition coefficient (Wildman–Crippen LogP) is 1.36. The third kappa shape index (κ3) is 3.02. The summed E-state index contributed by atoms with van der Waals surface area (Å²) in [6.07, 6.45) is 2.86. The van der Waals surface area contributed by atoms with E-state index in [1.54, 1.807) is 4.90 Å². The van der Waals surface area contributed by atoms with Crippen LogP contribution in [0, 0.1) is 5.82 Å². The second-order valence-corrected chi connectivity index (χ2v) is 5.48. The quantitative estimate of drug-likeness (QED) is 0.915. The summed E-state index contributed by atoms with van der Waals surface area (Å²) in [5.74, 6) is -0.408. The Morgan fingerprint density at radius 3 is 3.05 bits per heavy atom. The van der Waals surface area contributed by atoms with E-state index in [9.17, 15) is 9.18 Å². The number of carbonyl (C=O) groups is 1. The van der Waals surface area contributed by atoms with Gasteiger partial charge in [0.1, 0.15) is 0 Å². The number of carbonyl (C=O) groups excluding carboxylic acids is 1. The van der Waals surface area contributed by atoms with Crippen LogP contribution in [0.2, 0.25) is 5.02 Å². The summed E-state index contributed by atoms with van der Waals surface area (Å²) in [5.41, 5.74) is 0. The van der Waals surface area contributed by atoms with Gasteiger partial charge in [-0.25, -0.2) is 9.37 Å². The van der Waals surface area contributed by atoms with Gasteiger partial charge in [-0.05, 0) is 18.9 Å². The molecule has 3 rings (SSSR count). The zero-order valence-corrected chi connectivity index (χ0v) is 11.6. The highest BCUT2D eigenvalue weighted by Crippen LogP contribution is 2.23. The van der Waals surface area contributed by atoms with E-state index >= 15 is 0 Å². The fraction of sp³-hybridized carbons (Fsp3) is 0.538. The Bertz CT molecular complexity index is 524. The molecule has 1 aromatic heterocycles. The number of halogens is 2. The predicted molar refractivity (Wildman–Crippen MR) is 72.3 cm³/mol. The van der Waals surface area contributed by atoms with Crippen molar-refractivity contribution in [1.29, 1.82) is 0 Å². The maximum atomic E-state index is 13.9. The minimum atomic E-state index is -0.582. The van der Waals surface area contributed by atoms with Crippen molar-refractivity contribution in [3.63, 3.8) is 0 Å². The minimum absolute atomic E-state index is 0.133. The van der Waals surface area contributed by atoms with Gasteiger partial charge in [0.2, 0.25) is 0 Å². The maximum Gasteiger partial charge on any atom is 0.251 e. The van der Waals surface area contributed by atoms with Crippen molar-refractivity contribution in [2.45, 2.75) is 25.0 Å². The number of morpholine rings is 1. The lowest BCUT2D eigenvalue weighted by molar-refractivity contribution is -0.133. The number of rotatable bonds is 3. The van der Waals surface area contributed by atoms with E-state index in [1.807, 2.05) is 0 Å². The van der Waals surface area contributed by atoms with Gasteiger partial charge in [-0.15, -0.1) is 0 Å². The van der Waals surface area contributed by atoms with E-state index in [0.717, 1.165) is 12.8 Å². The van der Waals surface area contributed by atoms with Gasteiger partial charge >= 0.3 is 0 Å². The topological polar surface area (TPSA) is 54.5 Å². The molecule has 1 unspecified atom stereocenters. The summed E-state index contributed by atoms with van der Waals surface area (Å²) in [6, 6.07) is 1.50. The molecule has 1 atom stereocenters. The fourth-order valence-corrected chi connectivity index (χ4v) is 2.31. The first-order valence-corrected chi connectivity index (χ1v) is 6.99. The standard InChI is InChI=1S/C13H15ClFN3O2/c14-8-5-10(15)12(16-6-8)18-3-4-20-11(7-18)13(19)17-9-1-2-9/h5-6,9,11H,1-4,7H2,(H,17,19). The number of ether oxygens (including phenoxy) is 1. The lowest BCUT2D eigenvalue weighted by atomic mass is 10.2. The largest absolute Gasteiger partial charge is 0.365 e. The zero-order chi connectivity index (χ0) is 14.1. The first-order valence-electron chi connectivity index (χ1n) is 6.61. The van der Waals surface area contributed by atoms with Crippen molar-refractivity contribution in [2.24, 2.45) is 0 Å². The Labute approximate surface area is 121 Å². The van der Waals surface area contributed by atoms with Crippen molar-refractivity contribution in [3.8, 4) is 0 Å². The van der Waals surface area contributed by atoms with Gasteiger partial charge in [0.15, 0.2) is 17.7 Å². The molecule has 0 aromatic carbocycles. The van der Waals surface area contributed by atoms with Gasteiger partial charge in [0.25, 0.3) is 5.91 Å². The molecule has 1 saturated carbocycles. The molecule has 0 spiro atoms. The van der Waals surface area contributed by atoms with E-state index in [4.69, 9.17) is 16.3 Å². The molecule has 2 heterocycles. The molecule has 20 heavy (non-hydrogen) atoms. The van der Waals surface area contributed by atoms with E-state index in [0.29, 0.717) is 19.7 Å². The summed E-state index contributed by atoms with van der Waals surface area (Å²) >= 11 is 5.69. The van der Waals surface area contributed by atoms with Crippen molar-refractivity contribution in [1.82, 2.24) is 10.3 Å². The van der Waals surface area contributed by atoms with Gasteiger partial charge in [-0.2, -0.15) is 0 Å². The maximum absolute atomic E-state index is 13.9. The molecule has 7 heteroatoms. The summed E-state index contributed by atoms with van der Waals surface area (Å²) in [7, 11) is 0. The van der Waals surface area contributed by atoms with Crippen LogP contribution in [0.15, 0.2) is 12.3 Å². The summed E-state index contributed by atoms with van der Waals surface area (Å²) in [4.78, 5) is 17.7. The monoisotopic (exact) mass is 299 g/mol. The van der Waals surface area contributed by atoms with Crippen molar-refractivity contribution in [3.05, 3.63) is 23.1 Å². The number of pyridine rings is 1. The van der Waals surface area contributed by atoms with Crippen LogP contribution in [0.5, 0.6) is 0 Å². The average Bonchev–Trinajstić information content (AvgIpc) is 3.23. The molecule has 1 aliphatic carbocycles. The van der Waals surface area contributed by atoms with E-state index in [-0.39, 0.29) is 22.8 Å². The molecule has 0 radical (unpaired) electrons. The number of hydrogen-bond acceptors (Lipinski definition) is 4. The molecule has 1 aromatic rings. The lowest BCUT2D eigenvalue weighted by Gasteiger charge is -2.33. The fourth-order valence-electron chi connectivity index (χ4n) is 2.16. The molecule has 0 bridgehead atoms. The third-order valence-corrected chi connectivity index (χ3v) is 3.58. The molecular formula is C13H15ClFN3O2. The van der Waals surface area contributed by atoms with Crippen molar-refractivity contribution < 1.29 is 13.9 Å². The lowest BCUT2D eigenvalue weighted by Crippen LogP contribution is -2.50. The zero-order valence-electron chi connectivity index (χ0n) is 10.8. The Kier molecular flexibility index (Phi) is 3.76. The molecule has 1 aliphatic heterocycles. The molecule has 2 fully saturated rings. The van der Waals surface area contributed by atoms with Crippen LogP contribution in [-0.4, -0.2) is 42.7 Å². The number of aromatic nitrogens is 1. The van der Waals surface area contributed by atoms with Crippen molar-refractivity contribution >= 4 is 23.3 Å². The Morgan fingerprint density at radius 1 is 1.55 bits per heavy atom. The second-order valence-electron chi connectivity index (χ2n) is 5.05. The molecule has 1 amide bonds. The highest BCUT2D eigenvalue weighted by Gasteiger charge is 2.32. The van der Waals surface area contributed by atoms with Gasteiger partial charge in [-0.1, -0.05) is 11.6 Å². The van der Waals surface area contributed by atoms with Gasteiger partial charge in [-0.3, -0.25) is 4.79 Å². The highest BCUT2D eigenvalue weighted by molar-refractivity contribution is 6.30. The normalized spacial score (nSPS) is 22.7. The minimum Gasteiger partial charge on any atom is -0.365 e. The highest BCUT2D eigenvalue weighted by atomic mass is 35.5. The van der Waals surface area contributed by atoms with Crippen LogP contribution in [0.1, 0.15) is 12.8 Å². The summed E-state index contributed by atoms with van der Waals surface area (Å²) in [5, 5.41) is 3.15. The number of nitrogens with zero attached hydrogens (tertiary/aromatic N) is 2. The number of hydrogen-bond donors (Lipinski definition) is 1. The molecule has 5 nitrogen and oxygen atoms in total. The molecule has 1 saturated heterocycles. The van der Waals surface area contributed by atoms with Gasteiger partial charge < -0.3 is 15.0 Å². The summed E-state index contributed by atoms with van der Waals surface area (Å²) < 4.78 is 19.3. The van der Waals surface area contributed by atoms with Crippen LogP contribution in [0.25, 0.3) is 0 Å². The van der Waals surface area contributed by atoms with E-state index in [2.05, 4.69) is 10.3 Å². The van der Waals surface area contributed by atoms with Crippen molar-refractivity contribution in [2.75, 3.05) is 24.6 Å². The van der Waals surface area contributed by atoms with Crippen LogP contribution in [-0.2, 0) is 9.53 Å². The van der Waals surface area contributed by atoms with Crippen LogP contribution in [0.4, 0.5) is 10.2 Å². The first-order chi connectivity index (χ1) is 9.63. The second kappa shape index (κ2) is 5.54. The number of anilines is 1. The van der Waals surface area contributed by atoms with Gasteiger partial charge in [0.05, 0.1) is 18.2 Å². The molecule has 2 aliphatic rings. The smallest absolute Gasteiger partial charge is 0.251 e.